The minimum atomic E-state index is -3.71. The Labute approximate surface area is 128 Å². The zero-order chi connectivity index (χ0) is 15.6. The largest absolute Gasteiger partial charge is 0.295 e. The predicted molar refractivity (Wildman–Crippen MR) is 83.4 cm³/mol. The molecule has 0 saturated heterocycles. The molecule has 21 heavy (non-hydrogen) atoms. The fourth-order valence-electron chi connectivity index (χ4n) is 1.73. The summed E-state index contributed by atoms with van der Waals surface area (Å²) in [6.45, 7) is 3.25. The maximum Gasteiger partial charge on any atom is 0.261 e. The van der Waals surface area contributed by atoms with E-state index in [1.165, 1.54) is 19.1 Å². The van der Waals surface area contributed by atoms with Crippen LogP contribution in [0.1, 0.15) is 22.8 Å². The third-order valence-corrected chi connectivity index (χ3v) is 4.78. The van der Waals surface area contributed by atoms with E-state index < -0.39 is 10.0 Å². The molecule has 110 valence electrons. The summed E-state index contributed by atoms with van der Waals surface area (Å²) >= 11 is 5.95. The second-order valence-corrected chi connectivity index (χ2v) is 6.74. The molecular weight excluding hydrogens is 310 g/mol. The Morgan fingerprint density at radius 2 is 1.71 bits per heavy atom. The van der Waals surface area contributed by atoms with Crippen molar-refractivity contribution in [2.45, 2.75) is 18.7 Å². The lowest BCUT2D eigenvalue weighted by Crippen LogP contribution is -2.13. The Morgan fingerprint density at radius 3 is 2.24 bits per heavy atom. The molecule has 0 unspecified atom stereocenters. The first-order chi connectivity index (χ1) is 9.79. The molecule has 0 aliphatic rings. The topological polar surface area (TPSA) is 63.2 Å². The quantitative estimate of drug-likeness (QED) is 0.873. The van der Waals surface area contributed by atoms with Crippen molar-refractivity contribution in [3.8, 4) is 0 Å². The van der Waals surface area contributed by atoms with Gasteiger partial charge in [-0.3, -0.25) is 9.52 Å². The second kappa shape index (κ2) is 5.87. The minimum Gasteiger partial charge on any atom is -0.295 e. The Morgan fingerprint density at radius 1 is 1.10 bits per heavy atom. The lowest BCUT2D eigenvalue weighted by Gasteiger charge is -2.09. The van der Waals surface area contributed by atoms with Gasteiger partial charge in [0.25, 0.3) is 10.0 Å². The maximum absolute atomic E-state index is 12.2. The summed E-state index contributed by atoms with van der Waals surface area (Å²) in [4.78, 5) is 11.3. The van der Waals surface area contributed by atoms with Crippen LogP contribution in [-0.2, 0) is 10.0 Å². The number of halogens is 1. The van der Waals surface area contributed by atoms with Gasteiger partial charge < -0.3 is 0 Å². The number of carbonyl (C=O) groups excluding carboxylic acids is 1. The molecule has 0 saturated carbocycles. The molecule has 0 aliphatic carbocycles. The van der Waals surface area contributed by atoms with Gasteiger partial charge in [-0.25, -0.2) is 8.42 Å². The lowest BCUT2D eigenvalue weighted by molar-refractivity contribution is 0.101. The molecule has 2 aromatic carbocycles. The summed E-state index contributed by atoms with van der Waals surface area (Å²) in [5.41, 5.74) is 1.72. The number of benzene rings is 2. The number of ketones is 1. The molecule has 2 rings (SSSR count). The zero-order valence-electron chi connectivity index (χ0n) is 11.6. The Bertz CT molecular complexity index is 783. The Hall–Kier alpha value is -1.85. The fourth-order valence-corrected chi connectivity index (χ4v) is 3.06. The summed E-state index contributed by atoms with van der Waals surface area (Å²) in [6.07, 6.45) is 0. The van der Waals surface area contributed by atoms with E-state index in [4.69, 9.17) is 11.6 Å². The summed E-state index contributed by atoms with van der Waals surface area (Å²) in [5, 5.41) is 0.393. The van der Waals surface area contributed by atoms with Gasteiger partial charge in [0.05, 0.1) is 4.90 Å². The molecule has 0 atom stereocenters. The molecular formula is C15H14ClNO3S. The van der Waals surface area contributed by atoms with E-state index in [2.05, 4.69) is 4.72 Å². The first-order valence-corrected chi connectivity index (χ1v) is 8.06. The van der Waals surface area contributed by atoms with E-state index in [0.717, 1.165) is 5.56 Å². The first-order valence-electron chi connectivity index (χ1n) is 6.19. The molecule has 0 radical (unpaired) electrons. The molecule has 6 heteroatoms. The van der Waals surface area contributed by atoms with Crippen LogP contribution in [0.3, 0.4) is 0 Å². The number of carbonyl (C=O) groups is 1. The van der Waals surface area contributed by atoms with E-state index in [1.54, 1.807) is 37.3 Å². The summed E-state index contributed by atoms with van der Waals surface area (Å²) in [6, 6.07) is 10.8. The van der Waals surface area contributed by atoms with Crippen LogP contribution >= 0.6 is 11.6 Å². The number of anilines is 1. The average Bonchev–Trinajstić information content (AvgIpc) is 2.42. The number of rotatable bonds is 4. The molecule has 1 N–H and O–H groups in total. The number of hydrogen-bond donors (Lipinski definition) is 1. The molecule has 0 bridgehead atoms. The van der Waals surface area contributed by atoms with Crippen molar-refractivity contribution >= 4 is 33.1 Å². The van der Waals surface area contributed by atoms with Gasteiger partial charge in [0.2, 0.25) is 0 Å². The van der Waals surface area contributed by atoms with Gasteiger partial charge in [0.1, 0.15) is 0 Å². The third-order valence-electron chi connectivity index (χ3n) is 3.00. The van der Waals surface area contributed by atoms with Crippen molar-refractivity contribution in [1.29, 1.82) is 0 Å². The molecule has 0 heterocycles. The van der Waals surface area contributed by atoms with Gasteiger partial charge in [-0.15, -0.1) is 0 Å². The average molecular weight is 324 g/mol. The monoisotopic (exact) mass is 323 g/mol. The highest BCUT2D eigenvalue weighted by Gasteiger charge is 2.15. The van der Waals surface area contributed by atoms with Gasteiger partial charge in [0, 0.05) is 16.3 Å². The number of hydrogen-bond acceptors (Lipinski definition) is 3. The van der Waals surface area contributed by atoms with Gasteiger partial charge in [-0.2, -0.15) is 0 Å². The SMILES string of the molecule is CC(=O)c1ccc(NS(=O)(=O)c2ccc(C)c(Cl)c2)cc1. The van der Waals surface area contributed by atoms with E-state index in [-0.39, 0.29) is 10.7 Å². The Balaban J connectivity index is 2.28. The van der Waals surface area contributed by atoms with Gasteiger partial charge in [-0.1, -0.05) is 17.7 Å². The number of aryl methyl sites for hydroxylation is 1. The van der Waals surface area contributed by atoms with E-state index >= 15 is 0 Å². The van der Waals surface area contributed by atoms with Crippen molar-refractivity contribution in [3.05, 3.63) is 58.6 Å². The van der Waals surface area contributed by atoms with Crippen LogP contribution in [0.5, 0.6) is 0 Å². The smallest absolute Gasteiger partial charge is 0.261 e. The van der Waals surface area contributed by atoms with Crippen LogP contribution in [0, 0.1) is 6.92 Å². The highest BCUT2D eigenvalue weighted by Crippen LogP contribution is 2.22. The molecule has 0 fully saturated rings. The van der Waals surface area contributed by atoms with E-state index in [9.17, 15) is 13.2 Å². The molecule has 2 aromatic rings. The van der Waals surface area contributed by atoms with E-state index in [1.807, 2.05) is 0 Å². The van der Waals surface area contributed by atoms with Crippen LogP contribution in [0.15, 0.2) is 47.4 Å². The summed E-state index contributed by atoms with van der Waals surface area (Å²) in [5.74, 6) is -0.0743. The predicted octanol–water partition coefficient (Wildman–Crippen LogP) is 3.65. The van der Waals surface area contributed by atoms with Crippen molar-refractivity contribution in [2.24, 2.45) is 0 Å². The normalized spacial score (nSPS) is 11.2. The number of sulfonamides is 1. The maximum atomic E-state index is 12.2. The van der Waals surface area contributed by atoms with Crippen LogP contribution in [0.25, 0.3) is 0 Å². The number of Topliss-reactive ketones (excluding diaryl/α,β-unsaturated/α-hetero) is 1. The van der Waals surface area contributed by atoms with Gasteiger partial charge >= 0.3 is 0 Å². The zero-order valence-corrected chi connectivity index (χ0v) is 13.1. The third kappa shape index (κ3) is 3.62. The second-order valence-electron chi connectivity index (χ2n) is 4.65. The number of nitrogens with one attached hydrogen (secondary N) is 1. The van der Waals surface area contributed by atoms with Crippen molar-refractivity contribution in [1.82, 2.24) is 0 Å². The van der Waals surface area contributed by atoms with Gasteiger partial charge in [-0.05, 0) is 55.8 Å². The van der Waals surface area contributed by atoms with Crippen molar-refractivity contribution in [2.75, 3.05) is 4.72 Å². The molecule has 4 nitrogen and oxygen atoms in total. The van der Waals surface area contributed by atoms with Crippen molar-refractivity contribution in [3.63, 3.8) is 0 Å². The highest BCUT2D eigenvalue weighted by atomic mass is 35.5. The van der Waals surface area contributed by atoms with Crippen LogP contribution in [-0.4, -0.2) is 14.2 Å². The Kier molecular flexibility index (Phi) is 4.34. The molecule has 0 spiro atoms. The first kappa shape index (κ1) is 15.5. The minimum absolute atomic E-state index is 0.0743. The van der Waals surface area contributed by atoms with Crippen LogP contribution in [0.4, 0.5) is 5.69 Å². The van der Waals surface area contributed by atoms with Crippen molar-refractivity contribution < 1.29 is 13.2 Å². The van der Waals surface area contributed by atoms with Crippen LogP contribution < -0.4 is 4.72 Å². The standard InChI is InChI=1S/C15H14ClNO3S/c1-10-3-8-14(9-15(10)16)21(19,20)17-13-6-4-12(5-7-13)11(2)18/h3-9,17H,1-2H3. The highest BCUT2D eigenvalue weighted by molar-refractivity contribution is 7.92. The fraction of sp³-hybridized carbons (Fsp3) is 0.133. The lowest BCUT2D eigenvalue weighted by atomic mass is 10.1. The summed E-state index contributed by atoms with van der Waals surface area (Å²) < 4.78 is 26.9. The van der Waals surface area contributed by atoms with E-state index in [0.29, 0.717) is 16.3 Å². The molecule has 0 aliphatic heterocycles. The molecule has 0 amide bonds. The van der Waals surface area contributed by atoms with Crippen LogP contribution in [0.2, 0.25) is 5.02 Å². The molecule has 0 aromatic heterocycles. The summed E-state index contributed by atoms with van der Waals surface area (Å²) in [7, 11) is -3.71. The van der Waals surface area contributed by atoms with Gasteiger partial charge in [0.15, 0.2) is 5.78 Å².